The van der Waals surface area contributed by atoms with E-state index in [9.17, 15) is 18.0 Å². The molecule has 1 atom stereocenters. The van der Waals surface area contributed by atoms with E-state index in [1.807, 2.05) is 31.0 Å². The zero-order valence-electron chi connectivity index (χ0n) is 12.9. The van der Waals surface area contributed by atoms with Gasteiger partial charge in [0.15, 0.2) is 0 Å². The highest BCUT2D eigenvalue weighted by Crippen LogP contribution is 2.15. The highest BCUT2D eigenvalue weighted by Gasteiger charge is 2.27. The zero-order valence-corrected chi connectivity index (χ0v) is 12.9. The van der Waals surface area contributed by atoms with Crippen LogP contribution in [-0.4, -0.2) is 44.9 Å². The fourth-order valence-electron chi connectivity index (χ4n) is 1.75. The van der Waals surface area contributed by atoms with Crippen molar-refractivity contribution in [3.63, 3.8) is 0 Å². The number of amides is 1. The molecule has 0 aromatic heterocycles. The van der Waals surface area contributed by atoms with Crippen LogP contribution in [0, 0.1) is 0 Å². The summed E-state index contributed by atoms with van der Waals surface area (Å²) in [6, 6.07) is 6.50. The van der Waals surface area contributed by atoms with Crippen LogP contribution in [0.3, 0.4) is 0 Å². The maximum atomic E-state index is 12.0. The minimum absolute atomic E-state index is 0.193. The van der Waals surface area contributed by atoms with Crippen LogP contribution in [0.1, 0.15) is 24.2 Å². The van der Waals surface area contributed by atoms with Gasteiger partial charge in [0.25, 0.3) is 5.91 Å². The normalized spacial score (nSPS) is 12.8. The largest absolute Gasteiger partial charge is 0.411 e. The molecule has 0 unspecified atom stereocenters. The van der Waals surface area contributed by atoms with Crippen LogP contribution in [0.25, 0.3) is 0 Å². The van der Waals surface area contributed by atoms with Gasteiger partial charge in [-0.2, -0.15) is 13.2 Å². The van der Waals surface area contributed by atoms with Gasteiger partial charge in [-0.05, 0) is 38.1 Å². The molecule has 7 heteroatoms. The predicted octanol–water partition coefficient (Wildman–Crippen LogP) is 2.84. The van der Waals surface area contributed by atoms with Gasteiger partial charge in [0, 0.05) is 30.9 Å². The van der Waals surface area contributed by atoms with Crippen molar-refractivity contribution in [2.45, 2.75) is 26.1 Å². The summed E-state index contributed by atoms with van der Waals surface area (Å²) in [5.74, 6) is -0.339. The Labute approximate surface area is 128 Å². The van der Waals surface area contributed by atoms with E-state index < -0.39 is 18.8 Å². The number of rotatable bonds is 7. The van der Waals surface area contributed by atoms with Gasteiger partial charge in [-0.25, -0.2) is 0 Å². The molecule has 0 aliphatic rings. The van der Waals surface area contributed by atoms with E-state index in [0.29, 0.717) is 5.56 Å². The van der Waals surface area contributed by atoms with Crippen molar-refractivity contribution in [1.29, 1.82) is 0 Å². The third-order valence-electron chi connectivity index (χ3n) is 3.06. The molecule has 4 nitrogen and oxygen atoms in total. The average molecular weight is 318 g/mol. The number of halogens is 3. The van der Waals surface area contributed by atoms with Crippen LogP contribution in [0.2, 0.25) is 0 Å². The van der Waals surface area contributed by atoms with Crippen molar-refractivity contribution in [1.82, 2.24) is 5.32 Å². The third kappa shape index (κ3) is 6.34. The van der Waals surface area contributed by atoms with E-state index in [1.165, 1.54) is 0 Å². The Kier molecular flexibility index (Phi) is 6.67. The van der Waals surface area contributed by atoms with Gasteiger partial charge >= 0.3 is 6.18 Å². The van der Waals surface area contributed by atoms with Crippen LogP contribution in [-0.2, 0) is 4.74 Å². The number of hydrogen-bond acceptors (Lipinski definition) is 3. The standard InChI is InChI=1S/C15H21F3N2O2/c1-4-20(3)13-7-5-12(6-8-13)14(21)19-11(2)9-22-10-15(16,17)18/h5-8,11H,4,9-10H2,1-3H3,(H,19,21)/t11-/m0/s1. The molecule has 0 aliphatic carbocycles. The van der Waals surface area contributed by atoms with Gasteiger partial charge in [0.05, 0.1) is 6.61 Å². The molecule has 0 bridgehead atoms. The van der Waals surface area contributed by atoms with Crippen LogP contribution in [0.4, 0.5) is 18.9 Å². The second-order valence-corrected chi connectivity index (χ2v) is 5.07. The third-order valence-corrected chi connectivity index (χ3v) is 3.06. The molecule has 0 saturated carbocycles. The molecule has 0 fully saturated rings. The van der Waals surface area contributed by atoms with Crippen molar-refractivity contribution < 1.29 is 22.7 Å². The van der Waals surface area contributed by atoms with Crippen LogP contribution in [0.5, 0.6) is 0 Å². The second-order valence-electron chi connectivity index (χ2n) is 5.07. The zero-order chi connectivity index (χ0) is 16.8. The van der Waals surface area contributed by atoms with Crippen molar-refractivity contribution in [2.24, 2.45) is 0 Å². The first-order chi connectivity index (χ1) is 10.2. The molecule has 0 radical (unpaired) electrons. The van der Waals surface area contributed by atoms with Gasteiger partial charge < -0.3 is 15.0 Å². The fourth-order valence-corrected chi connectivity index (χ4v) is 1.75. The van der Waals surface area contributed by atoms with Gasteiger partial charge in [-0.15, -0.1) is 0 Å². The molecule has 22 heavy (non-hydrogen) atoms. The van der Waals surface area contributed by atoms with Crippen LogP contribution >= 0.6 is 0 Å². The highest BCUT2D eigenvalue weighted by molar-refractivity contribution is 5.94. The molecular weight excluding hydrogens is 297 g/mol. The van der Waals surface area contributed by atoms with Gasteiger partial charge in [-0.1, -0.05) is 0 Å². The monoisotopic (exact) mass is 318 g/mol. The predicted molar refractivity (Wildman–Crippen MR) is 79.2 cm³/mol. The Morgan fingerprint density at radius 1 is 1.32 bits per heavy atom. The summed E-state index contributed by atoms with van der Waals surface area (Å²) < 4.78 is 40.4. The maximum Gasteiger partial charge on any atom is 0.411 e. The molecule has 0 saturated heterocycles. The summed E-state index contributed by atoms with van der Waals surface area (Å²) in [6.07, 6.45) is -4.36. The minimum atomic E-state index is -4.36. The van der Waals surface area contributed by atoms with Crippen molar-refractivity contribution in [3.05, 3.63) is 29.8 Å². The summed E-state index contributed by atoms with van der Waals surface area (Å²) in [4.78, 5) is 14.0. The number of carbonyl (C=O) groups is 1. The Bertz CT molecular complexity index is 475. The van der Waals surface area contributed by atoms with Gasteiger partial charge in [-0.3, -0.25) is 4.79 Å². The van der Waals surface area contributed by atoms with E-state index >= 15 is 0 Å². The number of anilines is 1. The molecule has 124 valence electrons. The number of benzene rings is 1. The Hall–Kier alpha value is -1.76. The number of carbonyl (C=O) groups excluding carboxylic acids is 1. The number of nitrogens with one attached hydrogen (secondary N) is 1. The highest BCUT2D eigenvalue weighted by atomic mass is 19.4. The molecule has 0 aliphatic heterocycles. The molecule has 1 amide bonds. The van der Waals surface area contributed by atoms with Gasteiger partial charge in [0.2, 0.25) is 0 Å². The molecule has 1 aromatic carbocycles. The quantitative estimate of drug-likeness (QED) is 0.840. The number of alkyl halides is 3. The first-order valence-corrected chi connectivity index (χ1v) is 6.99. The van der Waals surface area contributed by atoms with E-state index in [-0.39, 0.29) is 12.5 Å². The Morgan fingerprint density at radius 2 is 1.91 bits per heavy atom. The molecule has 1 rings (SSSR count). The number of nitrogens with zero attached hydrogens (tertiary/aromatic N) is 1. The van der Waals surface area contributed by atoms with Crippen LogP contribution in [0.15, 0.2) is 24.3 Å². The molecular formula is C15H21F3N2O2. The second kappa shape index (κ2) is 8.03. The first-order valence-electron chi connectivity index (χ1n) is 6.99. The topological polar surface area (TPSA) is 41.6 Å². The lowest BCUT2D eigenvalue weighted by atomic mass is 10.1. The van der Waals surface area contributed by atoms with E-state index in [2.05, 4.69) is 10.1 Å². The summed E-state index contributed by atoms with van der Waals surface area (Å²) in [7, 11) is 1.94. The molecule has 0 spiro atoms. The number of ether oxygens (including phenoxy) is 1. The molecule has 1 aromatic rings. The average Bonchev–Trinajstić information content (AvgIpc) is 2.45. The molecule has 0 heterocycles. The Balaban J connectivity index is 2.47. The Morgan fingerprint density at radius 3 is 2.41 bits per heavy atom. The SMILES string of the molecule is CCN(C)c1ccc(C(=O)N[C@@H](C)COCC(F)(F)F)cc1. The fraction of sp³-hybridized carbons (Fsp3) is 0.533. The van der Waals surface area contributed by atoms with E-state index in [4.69, 9.17) is 0 Å². The van der Waals surface area contributed by atoms with E-state index in [0.717, 1.165) is 12.2 Å². The molecule has 1 N–H and O–H groups in total. The summed E-state index contributed by atoms with van der Waals surface area (Å²) in [5.41, 5.74) is 1.44. The number of hydrogen-bond donors (Lipinski definition) is 1. The first kappa shape index (κ1) is 18.3. The lowest BCUT2D eigenvalue weighted by Crippen LogP contribution is -2.36. The summed E-state index contributed by atoms with van der Waals surface area (Å²) >= 11 is 0. The minimum Gasteiger partial charge on any atom is -0.375 e. The van der Waals surface area contributed by atoms with Crippen molar-refractivity contribution >= 4 is 11.6 Å². The smallest absolute Gasteiger partial charge is 0.375 e. The summed E-state index contributed by atoms with van der Waals surface area (Å²) in [5, 5.41) is 2.60. The van der Waals surface area contributed by atoms with Crippen molar-refractivity contribution in [2.75, 3.05) is 31.7 Å². The van der Waals surface area contributed by atoms with E-state index in [1.54, 1.807) is 19.1 Å². The lowest BCUT2D eigenvalue weighted by Gasteiger charge is -2.18. The summed E-state index contributed by atoms with van der Waals surface area (Å²) in [6.45, 7) is 2.95. The van der Waals surface area contributed by atoms with Crippen molar-refractivity contribution in [3.8, 4) is 0 Å². The maximum absolute atomic E-state index is 12.0. The van der Waals surface area contributed by atoms with Crippen LogP contribution < -0.4 is 10.2 Å². The van der Waals surface area contributed by atoms with Gasteiger partial charge in [0.1, 0.15) is 6.61 Å². The lowest BCUT2D eigenvalue weighted by molar-refractivity contribution is -0.174.